The zero-order valence-electron chi connectivity index (χ0n) is 12.7. The Hall–Kier alpha value is -1.56. The number of esters is 1. The molecule has 1 aromatic carbocycles. The Morgan fingerprint density at radius 2 is 1.95 bits per heavy atom. The average molecular weight is 328 g/mol. The van der Waals surface area contributed by atoms with E-state index in [0.717, 1.165) is 44.2 Å². The normalized spacial score (nSPS) is 15.3. The van der Waals surface area contributed by atoms with Crippen molar-refractivity contribution in [3.63, 3.8) is 0 Å². The maximum Gasteiger partial charge on any atom is 0.330 e. The highest BCUT2D eigenvalue weighted by atomic mass is 35.5. The van der Waals surface area contributed by atoms with Crippen LogP contribution in [0.1, 0.15) is 5.56 Å². The van der Waals surface area contributed by atoms with E-state index in [9.17, 15) is 4.79 Å². The Morgan fingerprint density at radius 1 is 1.27 bits per heavy atom. The number of benzene rings is 1. The summed E-state index contributed by atoms with van der Waals surface area (Å²) in [5, 5.41) is 0. The summed E-state index contributed by atoms with van der Waals surface area (Å²) >= 11 is 0. The molecule has 22 heavy (non-hydrogen) atoms. The Morgan fingerprint density at radius 3 is 2.59 bits per heavy atom. The van der Waals surface area contributed by atoms with Gasteiger partial charge in [-0.3, -0.25) is 4.90 Å². The van der Waals surface area contributed by atoms with Gasteiger partial charge in [0.15, 0.2) is 0 Å². The number of carbonyl (C=O) groups excluding carboxylic acids is 1. The van der Waals surface area contributed by atoms with Gasteiger partial charge >= 0.3 is 5.97 Å². The average Bonchev–Trinajstić information content (AvgIpc) is 2.54. The molecule has 0 aromatic heterocycles. The van der Waals surface area contributed by atoms with Crippen molar-refractivity contribution in [2.75, 3.05) is 46.6 Å². The van der Waals surface area contributed by atoms with E-state index in [1.165, 1.54) is 6.08 Å². The second kappa shape index (κ2) is 10.2. The molecule has 1 fully saturated rings. The first-order valence-electron chi connectivity index (χ1n) is 7.07. The van der Waals surface area contributed by atoms with Gasteiger partial charge in [0.2, 0.25) is 0 Å². The minimum Gasteiger partial charge on any atom is -0.497 e. The molecule has 0 N–H and O–H groups in total. The fourth-order valence-corrected chi connectivity index (χ4v) is 2.03. The number of halogens is 1. The highest BCUT2D eigenvalue weighted by molar-refractivity contribution is 5.87. The molecule has 1 heterocycles. The van der Waals surface area contributed by atoms with Crippen LogP contribution in [-0.2, 0) is 14.3 Å². The van der Waals surface area contributed by atoms with Crippen molar-refractivity contribution < 1.29 is 19.0 Å². The molecule has 0 spiro atoms. The van der Waals surface area contributed by atoms with Gasteiger partial charge in [-0.2, -0.15) is 0 Å². The van der Waals surface area contributed by atoms with Crippen molar-refractivity contribution in [3.8, 4) is 5.75 Å². The maximum absolute atomic E-state index is 11.6. The Kier molecular flexibility index (Phi) is 8.58. The van der Waals surface area contributed by atoms with Crippen LogP contribution in [0.4, 0.5) is 0 Å². The van der Waals surface area contributed by atoms with E-state index in [1.807, 2.05) is 24.3 Å². The third-order valence-electron chi connectivity index (χ3n) is 3.28. The summed E-state index contributed by atoms with van der Waals surface area (Å²) < 4.78 is 15.5. The Balaban J connectivity index is 0.00000242. The van der Waals surface area contributed by atoms with E-state index in [4.69, 9.17) is 14.2 Å². The third kappa shape index (κ3) is 6.47. The van der Waals surface area contributed by atoms with E-state index in [2.05, 4.69) is 4.90 Å². The summed E-state index contributed by atoms with van der Waals surface area (Å²) in [5.41, 5.74) is 0.931. The number of nitrogens with zero attached hydrogens (tertiary/aromatic N) is 1. The molecule has 0 amide bonds. The molecule has 2 rings (SSSR count). The van der Waals surface area contributed by atoms with E-state index in [-0.39, 0.29) is 18.4 Å². The predicted octanol–water partition coefficient (Wildman–Crippen LogP) is 2.01. The standard InChI is InChI=1S/C16H21NO4.ClH/c1-19-15-5-2-14(3-6-15)4-7-16(18)21-13-10-17-8-11-20-12-9-17;/h2-7H,8-13H2,1H3;1H/b7-4+;. The largest absolute Gasteiger partial charge is 0.497 e. The van der Waals surface area contributed by atoms with Gasteiger partial charge < -0.3 is 14.2 Å². The van der Waals surface area contributed by atoms with Gasteiger partial charge in [0, 0.05) is 25.7 Å². The zero-order chi connectivity index (χ0) is 14.9. The van der Waals surface area contributed by atoms with Crippen molar-refractivity contribution in [1.29, 1.82) is 0 Å². The quantitative estimate of drug-likeness (QED) is 0.591. The van der Waals surface area contributed by atoms with Crippen LogP contribution < -0.4 is 4.74 Å². The monoisotopic (exact) mass is 327 g/mol. The van der Waals surface area contributed by atoms with Crippen molar-refractivity contribution in [3.05, 3.63) is 35.9 Å². The van der Waals surface area contributed by atoms with Gasteiger partial charge in [0.05, 0.1) is 20.3 Å². The fourth-order valence-electron chi connectivity index (χ4n) is 2.03. The van der Waals surface area contributed by atoms with Crippen LogP contribution in [0.2, 0.25) is 0 Å². The molecular weight excluding hydrogens is 306 g/mol. The van der Waals surface area contributed by atoms with E-state index >= 15 is 0 Å². The van der Waals surface area contributed by atoms with Gasteiger partial charge in [-0.1, -0.05) is 12.1 Å². The fraction of sp³-hybridized carbons (Fsp3) is 0.438. The van der Waals surface area contributed by atoms with Crippen LogP contribution in [0, 0.1) is 0 Å². The van der Waals surface area contributed by atoms with Crippen LogP contribution >= 0.6 is 12.4 Å². The summed E-state index contributed by atoms with van der Waals surface area (Å²) in [6, 6.07) is 7.47. The first-order chi connectivity index (χ1) is 10.3. The van der Waals surface area contributed by atoms with Gasteiger partial charge in [0.25, 0.3) is 0 Å². The summed E-state index contributed by atoms with van der Waals surface area (Å²) in [6.07, 6.45) is 3.18. The Bertz CT molecular complexity index is 470. The number of ether oxygens (including phenoxy) is 3. The topological polar surface area (TPSA) is 48.0 Å². The number of rotatable bonds is 6. The Labute approximate surface area is 137 Å². The van der Waals surface area contributed by atoms with Crippen LogP contribution in [0.3, 0.4) is 0 Å². The lowest BCUT2D eigenvalue weighted by Gasteiger charge is -2.25. The molecule has 1 saturated heterocycles. The summed E-state index contributed by atoms with van der Waals surface area (Å²) in [6.45, 7) is 4.48. The third-order valence-corrected chi connectivity index (χ3v) is 3.28. The second-order valence-corrected chi connectivity index (χ2v) is 4.73. The molecule has 1 aliphatic rings. The molecule has 0 unspecified atom stereocenters. The number of carbonyl (C=O) groups is 1. The molecule has 6 heteroatoms. The van der Waals surface area contributed by atoms with Crippen molar-refractivity contribution in [2.45, 2.75) is 0 Å². The van der Waals surface area contributed by atoms with Crippen molar-refractivity contribution in [1.82, 2.24) is 4.90 Å². The number of hydrogen-bond donors (Lipinski definition) is 0. The summed E-state index contributed by atoms with van der Waals surface area (Å²) in [5.74, 6) is 0.472. The van der Waals surface area contributed by atoms with E-state index in [0.29, 0.717) is 6.61 Å². The van der Waals surface area contributed by atoms with Gasteiger partial charge in [-0.15, -0.1) is 12.4 Å². The van der Waals surface area contributed by atoms with Crippen LogP contribution in [0.15, 0.2) is 30.3 Å². The predicted molar refractivity (Wildman–Crippen MR) is 87.5 cm³/mol. The molecule has 5 nitrogen and oxygen atoms in total. The summed E-state index contributed by atoms with van der Waals surface area (Å²) in [7, 11) is 1.62. The smallest absolute Gasteiger partial charge is 0.330 e. The molecule has 0 radical (unpaired) electrons. The van der Waals surface area contributed by atoms with Gasteiger partial charge in [0.1, 0.15) is 12.4 Å². The molecule has 0 atom stereocenters. The number of methoxy groups -OCH3 is 1. The maximum atomic E-state index is 11.6. The highest BCUT2D eigenvalue weighted by Gasteiger charge is 2.10. The molecular formula is C16H22ClNO4. The SMILES string of the molecule is COc1ccc(/C=C/C(=O)OCCN2CCOCC2)cc1.Cl. The number of hydrogen-bond acceptors (Lipinski definition) is 5. The lowest BCUT2D eigenvalue weighted by atomic mass is 10.2. The van der Waals surface area contributed by atoms with E-state index in [1.54, 1.807) is 13.2 Å². The molecule has 122 valence electrons. The van der Waals surface area contributed by atoms with Gasteiger partial charge in [-0.25, -0.2) is 4.79 Å². The first kappa shape index (κ1) is 18.5. The highest BCUT2D eigenvalue weighted by Crippen LogP contribution is 2.12. The van der Waals surface area contributed by atoms with Crippen LogP contribution in [0.5, 0.6) is 5.75 Å². The first-order valence-corrected chi connectivity index (χ1v) is 7.07. The summed E-state index contributed by atoms with van der Waals surface area (Å²) in [4.78, 5) is 13.8. The minimum atomic E-state index is -0.320. The molecule has 1 aromatic rings. The van der Waals surface area contributed by atoms with Crippen molar-refractivity contribution >= 4 is 24.5 Å². The lowest BCUT2D eigenvalue weighted by Crippen LogP contribution is -2.38. The zero-order valence-corrected chi connectivity index (χ0v) is 13.5. The van der Waals surface area contributed by atoms with Crippen molar-refractivity contribution in [2.24, 2.45) is 0 Å². The van der Waals surface area contributed by atoms with E-state index < -0.39 is 0 Å². The second-order valence-electron chi connectivity index (χ2n) is 4.73. The van der Waals surface area contributed by atoms with Crippen LogP contribution in [-0.4, -0.2) is 57.4 Å². The van der Waals surface area contributed by atoms with Crippen LogP contribution in [0.25, 0.3) is 6.08 Å². The number of morpholine rings is 1. The van der Waals surface area contributed by atoms with Gasteiger partial charge in [-0.05, 0) is 23.8 Å². The molecule has 0 aliphatic carbocycles. The molecule has 0 bridgehead atoms. The lowest BCUT2D eigenvalue weighted by molar-refractivity contribution is -0.138. The minimum absolute atomic E-state index is 0. The molecule has 0 saturated carbocycles. The molecule has 1 aliphatic heterocycles.